The van der Waals surface area contributed by atoms with Crippen LogP contribution in [0.25, 0.3) is 11.1 Å². The Kier molecular flexibility index (Phi) is 5.82. The maximum Gasteiger partial charge on any atom is 0.261 e. The Labute approximate surface area is 199 Å². The number of hydrogen-bond donors (Lipinski definition) is 0. The van der Waals surface area contributed by atoms with Gasteiger partial charge in [-0.3, -0.25) is 19.5 Å². The first kappa shape index (κ1) is 22.1. The molecule has 2 unspecified atom stereocenters. The fraction of sp³-hybridized carbons (Fsp3) is 0.321. The van der Waals surface area contributed by atoms with Crippen LogP contribution in [0.1, 0.15) is 66.0 Å². The molecule has 0 saturated carbocycles. The summed E-state index contributed by atoms with van der Waals surface area (Å²) in [5, 5.41) is 0. The molecule has 174 valence electrons. The second kappa shape index (κ2) is 8.93. The van der Waals surface area contributed by atoms with Crippen LogP contribution in [-0.4, -0.2) is 34.3 Å². The summed E-state index contributed by atoms with van der Waals surface area (Å²) in [5.74, 6) is 1.21. The highest BCUT2D eigenvalue weighted by Crippen LogP contribution is 2.44. The molecule has 2 amide bonds. The zero-order valence-corrected chi connectivity index (χ0v) is 19.7. The van der Waals surface area contributed by atoms with Crippen LogP contribution in [0.15, 0.2) is 60.9 Å². The monoisotopic (exact) mass is 456 g/mol. The Morgan fingerprint density at radius 2 is 1.74 bits per heavy atom. The van der Waals surface area contributed by atoms with Crippen LogP contribution in [0.5, 0.6) is 11.5 Å². The van der Waals surface area contributed by atoms with Gasteiger partial charge in [0.2, 0.25) is 0 Å². The number of nitrogens with zero attached hydrogens (tertiary/aromatic N) is 2. The van der Waals surface area contributed by atoms with E-state index in [0.29, 0.717) is 29.2 Å². The average Bonchev–Trinajstić information content (AvgIpc) is 3.10. The number of carbonyl (C=O) groups is 2. The van der Waals surface area contributed by atoms with Crippen LogP contribution < -0.4 is 9.47 Å². The van der Waals surface area contributed by atoms with Gasteiger partial charge in [0.15, 0.2) is 0 Å². The molecule has 3 aromatic rings. The molecule has 0 spiro atoms. The lowest BCUT2D eigenvalue weighted by molar-refractivity contribution is 0.0507. The van der Waals surface area contributed by atoms with Crippen LogP contribution in [0, 0.1) is 5.92 Å². The van der Waals surface area contributed by atoms with E-state index in [2.05, 4.69) is 25.8 Å². The van der Waals surface area contributed by atoms with E-state index >= 15 is 0 Å². The Bertz CT molecular complexity index is 1220. The number of carbonyl (C=O) groups excluding carboxylic acids is 2. The van der Waals surface area contributed by atoms with E-state index in [-0.39, 0.29) is 30.6 Å². The molecule has 0 radical (unpaired) electrons. The molecule has 6 heteroatoms. The first-order chi connectivity index (χ1) is 16.5. The van der Waals surface area contributed by atoms with E-state index in [4.69, 9.17) is 9.47 Å². The van der Waals surface area contributed by atoms with Crippen molar-refractivity contribution >= 4 is 11.8 Å². The summed E-state index contributed by atoms with van der Waals surface area (Å²) in [5.41, 5.74) is 4.14. The van der Waals surface area contributed by atoms with Crippen molar-refractivity contribution in [1.82, 2.24) is 9.88 Å². The number of hydrogen-bond acceptors (Lipinski definition) is 5. The highest BCUT2D eigenvalue weighted by atomic mass is 16.5. The largest absolute Gasteiger partial charge is 0.491 e. The number of rotatable bonds is 7. The Morgan fingerprint density at radius 3 is 2.41 bits per heavy atom. The average molecular weight is 457 g/mol. The number of fused-ring (bicyclic) bond motifs is 4. The minimum absolute atomic E-state index is 0.0570. The molecule has 2 aliphatic rings. The van der Waals surface area contributed by atoms with Gasteiger partial charge in [-0.05, 0) is 54.7 Å². The van der Waals surface area contributed by atoms with Gasteiger partial charge in [-0.1, -0.05) is 32.9 Å². The topological polar surface area (TPSA) is 68.7 Å². The summed E-state index contributed by atoms with van der Waals surface area (Å²) in [6, 6.07) is 14.4. The maximum absolute atomic E-state index is 13.0. The number of benzene rings is 2. The minimum atomic E-state index is -0.362. The van der Waals surface area contributed by atoms with Gasteiger partial charge >= 0.3 is 0 Å². The highest BCUT2D eigenvalue weighted by Gasteiger charge is 2.40. The van der Waals surface area contributed by atoms with Crippen molar-refractivity contribution in [1.29, 1.82) is 0 Å². The molecule has 6 nitrogen and oxygen atoms in total. The van der Waals surface area contributed by atoms with Crippen LogP contribution in [0.4, 0.5) is 0 Å². The van der Waals surface area contributed by atoms with Gasteiger partial charge in [-0.25, -0.2) is 0 Å². The smallest absolute Gasteiger partial charge is 0.261 e. The van der Waals surface area contributed by atoms with Crippen molar-refractivity contribution < 1.29 is 19.1 Å². The van der Waals surface area contributed by atoms with Gasteiger partial charge in [0.25, 0.3) is 11.8 Å². The second-order valence-electron chi connectivity index (χ2n) is 9.26. The third kappa shape index (κ3) is 3.83. The van der Waals surface area contributed by atoms with Crippen molar-refractivity contribution in [2.45, 2.75) is 45.8 Å². The summed E-state index contributed by atoms with van der Waals surface area (Å²) < 4.78 is 12.4. The quantitative estimate of drug-likeness (QED) is 0.428. The minimum Gasteiger partial charge on any atom is -0.491 e. The molecular formula is C28H28N2O4. The molecular weight excluding hydrogens is 428 g/mol. The molecule has 2 aromatic carbocycles. The van der Waals surface area contributed by atoms with Crippen molar-refractivity contribution in [2.75, 3.05) is 6.61 Å². The molecule has 0 bridgehead atoms. The summed E-state index contributed by atoms with van der Waals surface area (Å²) in [6.07, 6.45) is 5.10. The molecule has 3 heterocycles. The summed E-state index contributed by atoms with van der Waals surface area (Å²) in [4.78, 5) is 31.7. The van der Waals surface area contributed by atoms with Gasteiger partial charge in [0, 0.05) is 29.6 Å². The van der Waals surface area contributed by atoms with Crippen molar-refractivity contribution in [3.63, 3.8) is 0 Å². The van der Waals surface area contributed by atoms with Crippen molar-refractivity contribution in [3.05, 3.63) is 77.6 Å². The third-order valence-corrected chi connectivity index (χ3v) is 6.46. The standard InChI is InChI=1S/C28H28N2O4/c1-4-25-24-15-29-12-11-20(24)21-10-9-19(14-26(21)34-25)33-16-18(13-17(2)3)30-27(31)22-7-5-6-8-23(22)28(30)32/h5-12,14-15,17-18,25H,4,13,16H2,1-3H3. The normalized spacial score (nSPS) is 17.2. The molecule has 2 atom stereocenters. The van der Waals surface area contributed by atoms with Crippen LogP contribution in [-0.2, 0) is 0 Å². The van der Waals surface area contributed by atoms with Gasteiger partial charge in [0.05, 0.1) is 17.2 Å². The molecule has 0 fully saturated rings. The van der Waals surface area contributed by atoms with E-state index in [1.165, 1.54) is 4.90 Å². The van der Waals surface area contributed by atoms with Crippen LogP contribution >= 0.6 is 0 Å². The van der Waals surface area contributed by atoms with E-state index in [0.717, 1.165) is 28.9 Å². The van der Waals surface area contributed by atoms with Crippen LogP contribution in [0.2, 0.25) is 0 Å². The molecule has 5 rings (SSSR count). The molecule has 2 aliphatic heterocycles. The van der Waals surface area contributed by atoms with Gasteiger partial charge < -0.3 is 9.47 Å². The van der Waals surface area contributed by atoms with Gasteiger partial charge in [-0.2, -0.15) is 0 Å². The van der Waals surface area contributed by atoms with Crippen molar-refractivity contribution in [2.24, 2.45) is 5.92 Å². The lowest BCUT2D eigenvalue weighted by Gasteiger charge is -2.29. The molecule has 0 saturated heterocycles. The Morgan fingerprint density at radius 1 is 1.00 bits per heavy atom. The highest BCUT2D eigenvalue weighted by molar-refractivity contribution is 6.21. The fourth-order valence-corrected chi connectivity index (χ4v) is 4.87. The maximum atomic E-state index is 13.0. The predicted octanol–water partition coefficient (Wildman–Crippen LogP) is 5.68. The molecule has 0 aliphatic carbocycles. The second-order valence-corrected chi connectivity index (χ2v) is 9.26. The molecule has 1 aromatic heterocycles. The number of ether oxygens (including phenoxy) is 2. The number of aromatic nitrogens is 1. The number of amides is 2. The number of pyridine rings is 1. The fourth-order valence-electron chi connectivity index (χ4n) is 4.87. The summed E-state index contributed by atoms with van der Waals surface area (Å²) in [7, 11) is 0. The predicted molar refractivity (Wildman–Crippen MR) is 129 cm³/mol. The van der Waals surface area contributed by atoms with Crippen LogP contribution in [0.3, 0.4) is 0 Å². The lowest BCUT2D eigenvalue weighted by atomic mass is 9.93. The van der Waals surface area contributed by atoms with E-state index in [1.807, 2.05) is 30.5 Å². The third-order valence-electron chi connectivity index (χ3n) is 6.46. The van der Waals surface area contributed by atoms with Gasteiger partial charge in [0.1, 0.15) is 24.2 Å². The molecule has 34 heavy (non-hydrogen) atoms. The first-order valence-corrected chi connectivity index (χ1v) is 11.8. The SMILES string of the molecule is CCC1Oc2cc(OCC(CC(C)C)N3C(=O)c4ccccc4C3=O)ccc2-c2ccncc21. The zero-order valence-electron chi connectivity index (χ0n) is 19.7. The summed E-state index contributed by atoms with van der Waals surface area (Å²) >= 11 is 0. The summed E-state index contributed by atoms with van der Waals surface area (Å²) in [6.45, 7) is 6.47. The van der Waals surface area contributed by atoms with Gasteiger partial charge in [-0.15, -0.1) is 0 Å². The Balaban J connectivity index is 1.38. The number of imide groups is 1. The van der Waals surface area contributed by atoms with E-state index < -0.39 is 0 Å². The first-order valence-electron chi connectivity index (χ1n) is 11.8. The molecule has 0 N–H and O–H groups in total. The zero-order chi connectivity index (χ0) is 23.8. The lowest BCUT2D eigenvalue weighted by Crippen LogP contribution is -2.44. The van der Waals surface area contributed by atoms with E-state index in [9.17, 15) is 9.59 Å². The van der Waals surface area contributed by atoms with E-state index in [1.54, 1.807) is 30.5 Å². The Hall–Kier alpha value is -3.67. The van der Waals surface area contributed by atoms with Crippen molar-refractivity contribution in [3.8, 4) is 22.6 Å².